The van der Waals surface area contributed by atoms with Crippen LogP contribution in [0.15, 0.2) is 85.1 Å². The molecule has 1 fully saturated rings. The van der Waals surface area contributed by atoms with Crippen molar-refractivity contribution >= 4 is 93.4 Å². The highest BCUT2D eigenvalue weighted by atomic mass is 32.2. The Morgan fingerprint density at radius 1 is 0.616 bits per heavy atom. The Kier molecular flexibility index (Phi) is 28.5. The van der Waals surface area contributed by atoms with E-state index in [0.29, 0.717) is 73.2 Å². The van der Waals surface area contributed by atoms with E-state index in [9.17, 15) is 62.1 Å². The standard InChI is InChI=1S/C57H83N13O13S3/c1-3-41(51(75)65-48(34-85)57(81)67-49(35(2)72)50(59)74)61-52(76)43(15-9-10-20-58)62-54(78)45(31-38-32-60-42-14-8-7-13-40(38)42)64-53(77)44(29-37-16-18-39(73)19-17-37)63-56(80)47(33-84)66-55(79)46(30-36-11-5-4-6-12-36)68-86(82,83)28-26-70-23-21-69(22-24-70)25-27-71/h4-8,11-14,16-19,32,35,41,43-49,60,68,71-73,84-85H,3,9-10,15,20-31,33-34,58H2,1-2H3,(H2,59,74)(H,61,76)(H,62,78)(H,63,80)(H,64,77)(H,65,75)(H,66,79)(H,67,81)/t35-,41+,43+,44+,45-,46-,47+,48+,49+/m1/s1. The van der Waals surface area contributed by atoms with Gasteiger partial charge in [0.25, 0.3) is 0 Å². The number of H-pyrrole nitrogens is 1. The Bertz CT molecular complexity index is 2990. The van der Waals surface area contributed by atoms with Crippen molar-refractivity contribution < 1.29 is 62.1 Å². The van der Waals surface area contributed by atoms with E-state index in [1.807, 2.05) is 11.0 Å². The summed E-state index contributed by atoms with van der Waals surface area (Å²) in [4.78, 5) is 119. The van der Waals surface area contributed by atoms with E-state index in [4.69, 9.17) is 11.5 Å². The number of aromatic hydroxyl groups is 1. The molecule has 1 aliphatic heterocycles. The molecule has 0 spiro atoms. The maximum absolute atomic E-state index is 14.9. The minimum atomic E-state index is -4.10. The molecular weight excluding hydrogens is 1170 g/mol. The van der Waals surface area contributed by atoms with Crippen molar-refractivity contribution in [3.05, 3.63) is 102 Å². The van der Waals surface area contributed by atoms with Crippen molar-refractivity contribution in [2.24, 2.45) is 11.5 Å². The highest BCUT2D eigenvalue weighted by Gasteiger charge is 2.36. The number of primary amides is 1. The molecule has 1 saturated heterocycles. The van der Waals surface area contributed by atoms with Gasteiger partial charge in [-0.15, -0.1) is 0 Å². The van der Waals surface area contributed by atoms with E-state index >= 15 is 0 Å². The van der Waals surface area contributed by atoms with E-state index in [-0.39, 0.29) is 74.8 Å². The number of benzene rings is 3. The van der Waals surface area contributed by atoms with Crippen LogP contribution in [0.1, 0.15) is 56.2 Å². The number of para-hydroxylation sites is 1. The van der Waals surface area contributed by atoms with E-state index < -0.39 is 112 Å². The Morgan fingerprint density at radius 3 is 1.66 bits per heavy atom. The number of hydrogen-bond acceptors (Lipinski definition) is 18. The fraction of sp³-hybridized carbons (Fsp3) is 0.509. The number of nitrogens with one attached hydrogen (secondary N) is 9. The van der Waals surface area contributed by atoms with Gasteiger partial charge in [-0.05, 0) is 80.5 Å². The SMILES string of the molecule is CC[C@H](NC(=O)[C@H](CCCCN)NC(=O)[C@@H](Cc1c[nH]c2ccccc12)NC(=O)[C@H](Cc1ccc(O)cc1)NC(=O)[C@H](CS)NC(=O)[C@@H](Cc1ccccc1)NS(=O)(=O)CCN1CCN(CCO)CC1)C(=O)N[C@@H](CS)C(=O)N[C@H](C(N)=O)[C@@H](C)O. The van der Waals surface area contributed by atoms with Crippen LogP contribution in [0, 0.1) is 0 Å². The zero-order valence-electron chi connectivity index (χ0n) is 48.3. The zero-order valence-corrected chi connectivity index (χ0v) is 50.9. The summed E-state index contributed by atoms with van der Waals surface area (Å²) >= 11 is 8.55. The number of aromatic amines is 1. The average Bonchev–Trinajstić information content (AvgIpc) is 2.75. The molecule has 29 heteroatoms. The molecule has 16 N–H and O–H groups in total. The van der Waals surface area contributed by atoms with Crippen LogP contribution in [0.3, 0.4) is 0 Å². The molecule has 0 radical (unpaired) electrons. The Labute approximate surface area is 511 Å². The number of amides is 8. The molecule has 0 bridgehead atoms. The molecule has 9 atom stereocenters. The van der Waals surface area contributed by atoms with Crippen LogP contribution in [0.2, 0.25) is 0 Å². The lowest BCUT2D eigenvalue weighted by Gasteiger charge is -2.34. The third-order valence-corrected chi connectivity index (χ3v) is 16.7. The molecule has 5 rings (SSSR count). The molecule has 4 aromatic rings. The van der Waals surface area contributed by atoms with Crippen LogP contribution < -0.4 is 53.4 Å². The van der Waals surface area contributed by atoms with Gasteiger partial charge in [0.1, 0.15) is 54.1 Å². The van der Waals surface area contributed by atoms with Gasteiger partial charge in [0.2, 0.25) is 57.3 Å². The van der Waals surface area contributed by atoms with Crippen LogP contribution >= 0.6 is 25.3 Å². The number of carbonyl (C=O) groups excluding carboxylic acids is 8. The maximum Gasteiger partial charge on any atom is 0.244 e. The number of rotatable bonds is 36. The van der Waals surface area contributed by atoms with Crippen molar-refractivity contribution in [3.63, 3.8) is 0 Å². The van der Waals surface area contributed by atoms with Gasteiger partial charge in [0.05, 0.1) is 18.5 Å². The Balaban J connectivity index is 1.39. The van der Waals surface area contributed by atoms with Crippen LogP contribution in [-0.2, 0) is 67.6 Å². The number of sulfonamides is 1. The summed E-state index contributed by atoms with van der Waals surface area (Å²) in [7, 11) is -4.10. The number of carbonyl (C=O) groups is 8. The summed E-state index contributed by atoms with van der Waals surface area (Å²) in [6.45, 7) is 6.27. The van der Waals surface area contributed by atoms with E-state index in [1.54, 1.807) is 61.7 Å². The summed E-state index contributed by atoms with van der Waals surface area (Å²) in [5, 5.41) is 48.4. The Morgan fingerprint density at radius 2 is 1.09 bits per heavy atom. The Hall–Kier alpha value is -6.83. The van der Waals surface area contributed by atoms with Gasteiger partial charge >= 0.3 is 0 Å². The summed E-state index contributed by atoms with van der Waals surface area (Å²) in [5.41, 5.74) is 13.5. The highest BCUT2D eigenvalue weighted by molar-refractivity contribution is 7.89. The van der Waals surface area contributed by atoms with E-state index in [0.717, 1.165) is 0 Å². The average molecular weight is 1250 g/mol. The number of phenols is 1. The molecule has 0 unspecified atom stereocenters. The monoisotopic (exact) mass is 1250 g/mol. The third-order valence-electron chi connectivity index (χ3n) is 14.6. The number of aromatic nitrogens is 1. The summed E-state index contributed by atoms with van der Waals surface area (Å²) in [6.07, 6.45) is 0.621. The first-order valence-electron chi connectivity index (χ1n) is 28.5. The van der Waals surface area contributed by atoms with E-state index in [1.165, 1.54) is 31.2 Å². The lowest BCUT2D eigenvalue weighted by molar-refractivity contribution is -0.135. The number of piperazine rings is 1. The molecule has 0 aliphatic carbocycles. The van der Waals surface area contributed by atoms with Gasteiger partial charge < -0.3 is 69.0 Å². The number of thiol groups is 2. The number of aliphatic hydroxyl groups is 2. The van der Waals surface area contributed by atoms with Gasteiger partial charge in [0.15, 0.2) is 0 Å². The van der Waals surface area contributed by atoms with Gasteiger partial charge in [-0.25, -0.2) is 13.1 Å². The van der Waals surface area contributed by atoms with Crippen molar-refractivity contribution in [1.82, 2.24) is 56.7 Å². The molecule has 26 nitrogen and oxygen atoms in total. The predicted octanol–water partition coefficient (Wildman–Crippen LogP) is -2.54. The fourth-order valence-corrected chi connectivity index (χ4v) is 11.3. The normalized spacial score (nSPS) is 16.2. The van der Waals surface area contributed by atoms with Gasteiger partial charge in [-0.2, -0.15) is 25.3 Å². The second kappa shape index (κ2) is 35.1. The predicted molar refractivity (Wildman–Crippen MR) is 330 cm³/mol. The number of unbranched alkanes of at least 4 members (excludes halogenated alkanes) is 1. The smallest absolute Gasteiger partial charge is 0.244 e. The molecule has 1 aromatic heterocycles. The lowest BCUT2D eigenvalue weighted by Crippen LogP contribution is -2.61. The second-order valence-corrected chi connectivity index (χ2v) is 23.7. The topological polar surface area (TPSA) is 402 Å². The first-order valence-corrected chi connectivity index (χ1v) is 31.4. The fourth-order valence-electron chi connectivity index (χ4n) is 9.57. The third kappa shape index (κ3) is 22.2. The van der Waals surface area contributed by atoms with Crippen molar-refractivity contribution in [2.45, 2.75) is 113 Å². The largest absolute Gasteiger partial charge is 0.508 e. The molecule has 1 aliphatic rings. The van der Waals surface area contributed by atoms with Gasteiger partial charge in [-0.1, -0.05) is 67.6 Å². The first-order chi connectivity index (χ1) is 41.1. The molecule has 8 amide bonds. The molecule has 472 valence electrons. The van der Waals surface area contributed by atoms with Crippen LogP contribution in [-0.4, -0.2) is 210 Å². The number of hydrogen-bond donors (Lipinski definition) is 16. The number of nitrogens with zero attached hydrogens (tertiary/aromatic N) is 2. The first kappa shape index (κ1) is 69.9. The van der Waals surface area contributed by atoms with Crippen molar-refractivity contribution in [3.8, 4) is 5.75 Å². The van der Waals surface area contributed by atoms with Crippen LogP contribution in [0.5, 0.6) is 5.75 Å². The van der Waals surface area contributed by atoms with Crippen molar-refractivity contribution in [2.75, 3.05) is 69.7 Å². The lowest BCUT2D eigenvalue weighted by atomic mass is 10.0. The maximum atomic E-state index is 14.9. The highest BCUT2D eigenvalue weighted by Crippen LogP contribution is 2.20. The number of aliphatic hydroxyl groups excluding tert-OH is 2. The quantitative estimate of drug-likeness (QED) is 0.0165. The van der Waals surface area contributed by atoms with E-state index in [2.05, 4.69) is 77.1 Å². The number of fused-ring (bicyclic) bond motifs is 1. The number of phenolic OH excluding ortho intramolecular Hbond substituents is 1. The number of β-amino-alcohol motifs (C(OH)–C–C–N with tert-alkyl or cyclic N) is 1. The minimum absolute atomic E-state index is 0.00408. The molecule has 2 heterocycles. The van der Waals surface area contributed by atoms with Crippen LogP contribution in [0.25, 0.3) is 10.9 Å². The zero-order chi connectivity index (χ0) is 62.9. The minimum Gasteiger partial charge on any atom is -0.508 e. The molecule has 3 aromatic carbocycles. The molecular formula is C57H83N13O13S3. The molecule has 86 heavy (non-hydrogen) atoms. The summed E-state index contributed by atoms with van der Waals surface area (Å²) in [5.74, 6) is -7.98. The van der Waals surface area contributed by atoms with Crippen LogP contribution in [0.4, 0.5) is 0 Å². The second-order valence-electron chi connectivity index (χ2n) is 21.1. The molecule has 0 saturated carbocycles. The summed E-state index contributed by atoms with van der Waals surface area (Å²) < 4.78 is 29.9. The van der Waals surface area contributed by atoms with Crippen molar-refractivity contribution in [1.29, 1.82) is 0 Å². The van der Waals surface area contributed by atoms with Gasteiger partial charge in [0, 0.05) is 80.7 Å². The summed E-state index contributed by atoms with van der Waals surface area (Å²) in [6, 6.07) is 10.5. The van der Waals surface area contributed by atoms with Gasteiger partial charge in [-0.3, -0.25) is 48.2 Å². The number of nitrogens with two attached hydrogens (primary N) is 2.